The van der Waals surface area contributed by atoms with Gasteiger partial charge in [-0.3, -0.25) is 27.6 Å². The van der Waals surface area contributed by atoms with E-state index in [4.69, 9.17) is 0 Å². The van der Waals surface area contributed by atoms with Crippen LogP contribution < -0.4 is 41.9 Å². The number of thioether (sulfide) groups is 1. The fourth-order valence-corrected chi connectivity index (χ4v) is 4.62. The normalized spacial score (nSPS) is 8.57. The van der Waals surface area contributed by atoms with Crippen LogP contribution in [0, 0.1) is 20.8 Å². The number of Topliss-reactive ketones (excluding diaryl/α,β-unsaturated/α-hetero) is 1. The predicted molar refractivity (Wildman–Crippen MR) is 559 cm³/mol. The Labute approximate surface area is 777 Å². The lowest BCUT2D eigenvalue weighted by Crippen LogP contribution is -2.35. The summed E-state index contributed by atoms with van der Waals surface area (Å²) in [5.41, 5.74) is 5.22. The highest BCUT2D eigenvalue weighted by Gasteiger charge is 2.06. The van der Waals surface area contributed by atoms with Gasteiger partial charge in [0, 0.05) is 113 Å². The number of rotatable bonds is 2. The number of likely N-dealkylation sites (N-methyl/N-ethyl adjacent to an activating group) is 2. The summed E-state index contributed by atoms with van der Waals surface area (Å²) in [6.07, 6.45) is 26.4. The Hall–Kier alpha value is -8.99. The summed E-state index contributed by atoms with van der Waals surface area (Å²) >= 11 is 1.75. The number of methoxy groups -OCH3 is 3. The molecule has 0 aromatic heterocycles. The average Bonchev–Trinajstić information content (AvgIpc) is 0.787. The van der Waals surface area contributed by atoms with Crippen molar-refractivity contribution in [3.8, 4) is 0 Å². The van der Waals surface area contributed by atoms with Crippen LogP contribution >= 0.6 is 11.8 Å². The van der Waals surface area contributed by atoms with Crippen molar-refractivity contribution in [2.45, 2.75) is 173 Å². The number of hydrogen-bond donors (Lipinski definition) is 8. The van der Waals surface area contributed by atoms with E-state index < -0.39 is 58.7 Å². The number of aliphatic imine (C=N–C) groups is 1. The van der Waals surface area contributed by atoms with Gasteiger partial charge in [0.15, 0.2) is 0 Å². The molecule has 8 N–H and O–H groups in total. The van der Waals surface area contributed by atoms with Crippen molar-refractivity contribution >= 4 is 133 Å². The molecule has 6 aromatic rings. The zero-order valence-corrected chi connectivity index (χ0v) is 91.0. The van der Waals surface area contributed by atoms with Crippen molar-refractivity contribution < 1.29 is 81.4 Å². The van der Waals surface area contributed by atoms with Gasteiger partial charge in [-0.05, 0) is 186 Å². The van der Waals surface area contributed by atoms with Crippen LogP contribution in [-0.4, -0.2) is 233 Å². The monoisotopic (exact) mass is 1880 g/mol. The minimum absolute atomic E-state index is 0.00463. The number of allylic oxidation sites excluding steroid dienone is 7. The number of nitrogens with zero attached hydrogens (tertiary/aromatic N) is 1. The highest BCUT2D eigenvalue weighted by Crippen LogP contribution is 2.27. The van der Waals surface area contributed by atoms with Crippen molar-refractivity contribution in [2.24, 2.45) is 4.99 Å². The Morgan fingerprint density at radius 2 is 0.690 bits per heavy atom. The highest BCUT2D eigenvalue weighted by atomic mass is 32.2. The molecule has 740 valence electrons. The minimum Gasteiger partial charge on any atom is -0.469 e. The number of alkyl carbamates (subject to hydrolysis) is 1. The van der Waals surface area contributed by atoms with Crippen LogP contribution in [0.15, 0.2) is 181 Å². The molecule has 0 unspecified atom stereocenters. The molecular formula is C94H181N9O18S5. The van der Waals surface area contributed by atoms with E-state index >= 15 is 0 Å². The highest BCUT2D eigenvalue weighted by molar-refractivity contribution is 7.97. The zero-order valence-electron chi connectivity index (χ0n) is 86.9. The van der Waals surface area contributed by atoms with E-state index in [0.29, 0.717) is 0 Å². The van der Waals surface area contributed by atoms with E-state index in [1.54, 1.807) is 72.9 Å². The van der Waals surface area contributed by atoms with Gasteiger partial charge in [-0.2, -0.15) is 20.2 Å². The maximum Gasteiger partial charge on any atom is 0.406 e. The molecule has 6 aromatic carbocycles. The van der Waals surface area contributed by atoms with Crippen molar-refractivity contribution in [1.82, 2.24) is 41.9 Å². The third-order valence-electron chi connectivity index (χ3n) is 10.1. The van der Waals surface area contributed by atoms with E-state index in [-0.39, 0.29) is 23.7 Å². The molecule has 126 heavy (non-hydrogen) atoms. The van der Waals surface area contributed by atoms with E-state index in [9.17, 15) is 63.0 Å². The first-order valence-electron chi connectivity index (χ1n) is 39.9. The molecule has 0 aliphatic rings. The van der Waals surface area contributed by atoms with Gasteiger partial charge in [0.2, 0.25) is 15.9 Å². The summed E-state index contributed by atoms with van der Waals surface area (Å²) in [6, 6.07) is 44.3. The molecule has 27 nitrogen and oxygen atoms in total. The van der Waals surface area contributed by atoms with Crippen molar-refractivity contribution in [2.75, 3.05) is 156 Å². The fourth-order valence-electron chi connectivity index (χ4n) is 4.62. The Kier molecular flexibility index (Phi) is 178. The number of amides is 6. The van der Waals surface area contributed by atoms with Gasteiger partial charge in [-0.25, -0.2) is 31.1 Å². The lowest BCUT2D eigenvalue weighted by Gasteiger charge is -2.06. The first kappa shape index (κ1) is 164. The minimum atomic E-state index is -3.16. The fraction of sp³-hybridized carbons (Fsp3) is 0.511. The van der Waals surface area contributed by atoms with Gasteiger partial charge in [0.05, 0.1) is 33.8 Å². The number of carbonyl (C=O) groups excluding carboxylic acids is 7. The lowest BCUT2D eigenvalue weighted by molar-refractivity contribution is -0.138. The maximum atomic E-state index is 10.2. The second kappa shape index (κ2) is 137. The predicted octanol–water partition coefficient (Wildman–Crippen LogP) is 19.0. The molecule has 0 aliphatic carbocycles. The van der Waals surface area contributed by atoms with Gasteiger partial charge >= 0.3 is 29.9 Å². The molecule has 6 amide bonds. The first-order valence-corrected chi connectivity index (χ1v) is 49.5. The molecule has 0 fully saturated rings. The summed E-state index contributed by atoms with van der Waals surface area (Å²) in [5, 5.41) is 24.5. The number of fused-ring (bicyclic) bond motifs is 3. The molecule has 0 aliphatic heterocycles. The van der Waals surface area contributed by atoms with Gasteiger partial charge in [-0.1, -0.05) is 231 Å². The van der Waals surface area contributed by atoms with Crippen LogP contribution in [0.4, 0.5) is 9.59 Å². The number of hydrogen-bond acceptors (Lipinski definition) is 21. The van der Waals surface area contributed by atoms with Crippen molar-refractivity contribution in [3.63, 3.8) is 0 Å². The number of nitrogens with one attached hydrogen (secondary N) is 8. The van der Waals surface area contributed by atoms with Crippen LogP contribution in [0.3, 0.4) is 0 Å². The van der Waals surface area contributed by atoms with Gasteiger partial charge in [0.25, 0.3) is 10.1 Å². The Balaban J connectivity index is -0.0000000568. The van der Waals surface area contributed by atoms with Crippen molar-refractivity contribution in [1.29, 1.82) is 0 Å². The number of benzene rings is 6. The molecule has 0 spiro atoms. The number of esters is 1. The van der Waals surface area contributed by atoms with E-state index in [1.165, 1.54) is 131 Å². The van der Waals surface area contributed by atoms with Crippen LogP contribution in [0.2, 0.25) is 0 Å². The molecule has 0 atom stereocenters. The van der Waals surface area contributed by atoms with Crippen LogP contribution in [-0.2, 0) is 83.1 Å². The van der Waals surface area contributed by atoms with Crippen molar-refractivity contribution in [3.05, 3.63) is 193 Å². The van der Waals surface area contributed by atoms with Crippen LogP contribution in [0.1, 0.15) is 169 Å². The standard InChI is InChI=1S/C15H12.C11H10.C7H8.C4H8N2O2.4C4H8.C3H8N2O.C3H7NO2.C3H7NO.C3H7N.C3H6O2.C3H6O.C3H8.C2H7NO2S.C2H7N.C2H6O3S.C2H6O2S.C2H6OS.C2H6O.C2H6S.3C2H6/c1-11-14-8-4-2-6-12(14)10-13-7-3-5-9-15(11)13;1-9-5-4-7-10-6-2-3-8-11(9)10;1-7-5-3-2-4-6-7;1-5-3(7)4(8)6-2;1-4(2)3;3*1-3-4-2;1-4-3(6)5-2;1-4-3(5)6-2;1-3(5)4-2;1-3-4-2;1-3(4)5-2;1-3(2)4;1-3-2;1-3-6(2,4)5;1-3-2;1-5-6(2,3)4;1-5(2,3)4;1-4(2)3;2*1-3-2;3*1-2/h2-10H,1H3;2-8H,1H3;2-6H,1H3;1-2H3,(H,5,7)(H,6,8);1H2,2-3H3;3*3-4H,1-2H3;1-2H3,(H2,4,5,6);1-2H3,(H,4,5);1-2H3,(H,4,5);3H,1-2H3;1-2H3;1-2H3;3H2,1-2H3;3H,1-2H3;3H,1-2H3;1-2H3;1-2H3;1-2H3;2*1-2H3;3*1-2H3/b;;;;;4-3+;4-3-;;;;;;;;;;;;;;;;;;. The maximum absolute atomic E-state index is 10.2. The summed E-state index contributed by atoms with van der Waals surface area (Å²) in [4.78, 5) is 72.6. The molecule has 32 heteroatoms. The molecule has 6 rings (SSSR count). The second-order valence-electron chi connectivity index (χ2n) is 23.0. The van der Waals surface area contributed by atoms with Crippen LogP contribution in [0.5, 0.6) is 0 Å². The lowest BCUT2D eigenvalue weighted by atomic mass is 9.98. The van der Waals surface area contributed by atoms with E-state index in [0.717, 1.165) is 32.1 Å². The molecular weight excluding hydrogens is 1700 g/mol. The van der Waals surface area contributed by atoms with Gasteiger partial charge in [0.1, 0.15) is 15.6 Å². The van der Waals surface area contributed by atoms with E-state index in [1.807, 2.05) is 185 Å². The Bertz CT molecular complexity index is 3610. The average molecular weight is 1890 g/mol. The number of sulfonamides is 1. The number of carbonyl (C=O) groups is 7. The molecule has 0 radical (unpaired) electrons. The SMILES string of the molecule is C/C=C/C.C/C=C\C.C=C(C)C.CC.CC.CC.CC(C)=O.CC=CC.CC=NC.CCC.CNC.CNC(=O)C(=O)NC.CNC(=O)NC.CNC(=O)OC.CNC(C)=O.CNS(C)(=O)=O.COC.COC(C)=O.COS(C)(=O)=O.CS(C)(=O)=O.CS(C)=O.CSC.Cc1c2ccccc2cc2ccccc12.Cc1cccc2ccccc12.Cc1ccccc1. The number of ether oxygens (including phenoxy) is 3. The zero-order chi connectivity index (χ0) is 104. The second-order valence-corrected chi connectivity index (χ2v) is 31.3. The number of ketones is 1. The van der Waals surface area contributed by atoms with E-state index in [2.05, 4.69) is 216 Å². The third-order valence-corrected chi connectivity index (χ3v) is 11.4. The summed E-state index contributed by atoms with van der Waals surface area (Å²) < 4.78 is 86.6. The first-order chi connectivity index (χ1) is 58.6. The number of aryl methyl sites for hydroxylation is 3. The number of sulfone groups is 1. The Morgan fingerprint density at radius 3 is 0.833 bits per heavy atom. The molecule has 0 saturated carbocycles. The summed E-state index contributed by atoms with van der Waals surface area (Å²) in [7, 11) is 13.6. The molecule has 0 heterocycles. The topological polar surface area (TPSA) is 384 Å². The van der Waals surface area contributed by atoms with Gasteiger partial charge in [-0.15, -0.1) is 6.58 Å². The Morgan fingerprint density at radius 1 is 0.468 bits per heavy atom. The molecule has 0 bridgehead atoms. The number of urea groups is 1. The third kappa shape index (κ3) is 212. The van der Waals surface area contributed by atoms with Crippen LogP contribution in [0.25, 0.3) is 32.3 Å². The summed E-state index contributed by atoms with van der Waals surface area (Å²) in [5.74, 6) is -1.31. The molecule has 0 saturated heterocycles. The largest absolute Gasteiger partial charge is 0.469 e. The smallest absolute Gasteiger partial charge is 0.406 e. The quantitative estimate of drug-likeness (QED) is 0.0199. The van der Waals surface area contributed by atoms with Gasteiger partial charge < -0.3 is 61.2 Å². The summed E-state index contributed by atoms with van der Waals surface area (Å²) in [6.45, 7) is 50.0.